The van der Waals surface area contributed by atoms with Crippen LogP contribution < -0.4 is 0 Å². The van der Waals surface area contributed by atoms with Crippen molar-refractivity contribution in [1.82, 2.24) is 9.78 Å². The number of Topliss-reactive ketones (excluding diaryl/α,β-unsaturated/α-hetero) is 1. The number of carbonyl (C=O) groups excluding carboxylic acids is 1. The van der Waals surface area contributed by atoms with Crippen molar-refractivity contribution < 1.29 is 9.18 Å². The average molecular weight is 253 g/mol. The molecule has 0 amide bonds. The first-order chi connectivity index (χ1) is 8.08. The molecule has 0 fully saturated rings. The summed E-state index contributed by atoms with van der Waals surface area (Å²) in [6.45, 7) is 0. The SMILES string of the molecule is Cn1ccc(CC(=O)c2cccc(F)c2Cl)n1. The van der Waals surface area contributed by atoms with E-state index in [0.717, 1.165) is 0 Å². The van der Waals surface area contributed by atoms with Crippen molar-refractivity contribution in [1.29, 1.82) is 0 Å². The van der Waals surface area contributed by atoms with E-state index >= 15 is 0 Å². The van der Waals surface area contributed by atoms with Crippen LogP contribution in [-0.2, 0) is 13.5 Å². The molecule has 5 heteroatoms. The number of aromatic nitrogens is 2. The van der Waals surface area contributed by atoms with E-state index in [-0.39, 0.29) is 22.8 Å². The molecule has 0 aliphatic carbocycles. The standard InChI is InChI=1S/C12H10ClFN2O/c1-16-6-5-8(15-16)7-11(17)9-3-2-4-10(14)12(9)13/h2-6H,7H2,1H3. The monoisotopic (exact) mass is 252 g/mol. The molecule has 0 bridgehead atoms. The Morgan fingerprint density at radius 2 is 2.24 bits per heavy atom. The van der Waals surface area contributed by atoms with Crippen LogP contribution in [0.1, 0.15) is 16.1 Å². The predicted octanol–water partition coefficient (Wildman–Crippen LogP) is 2.64. The summed E-state index contributed by atoms with van der Waals surface area (Å²) in [6.07, 6.45) is 1.86. The second-order valence-electron chi connectivity index (χ2n) is 3.68. The molecule has 0 N–H and O–H groups in total. The van der Waals surface area contributed by atoms with Crippen LogP contribution in [0.3, 0.4) is 0 Å². The minimum absolute atomic E-state index is 0.115. The van der Waals surface area contributed by atoms with Gasteiger partial charge in [0.05, 0.1) is 17.1 Å². The first-order valence-corrected chi connectivity index (χ1v) is 5.41. The fourth-order valence-electron chi connectivity index (χ4n) is 1.54. The number of rotatable bonds is 3. The van der Waals surface area contributed by atoms with Gasteiger partial charge in [-0.15, -0.1) is 0 Å². The molecule has 0 aliphatic heterocycles. The summed E-state index contributed by atoms with van der Waals surface area (Å²) in [7, 11) is 1.77. The minimum atomic E-state index is -0.585. The Morgan fingerprint density at radius 1 is 1.47 bits per heavy atom. The van der Waals surface area contributed by atoms with Gasteiger partial charge in [-0.3, -0.25) is 9.48 Å². The van der Waals surface area contributed by atoms with E-state index < -0.39 is 5.82 Å². The van der Waals surface area contributed by atoms with E-state index in [1.54, 1.807) is 24.0 Å². The van der Waals surface area contributed by atoms with Gasteiger partial charge in [0.25, 0.3) is 0 Å². The number of ketones is 1. The fourth-order valence-corrected chi connectivity index (χ4v) is 1.77. The van der Waals surface area contributed by atoms with Crippen molar-refractivity contribution in [2.45, 2.75) is 6.42 Å². The molecule has 88 valence electrons. The molecule has 3 nitrogen and oxygen atoms in total. The molecule has 0 unspecified atom stereocenters. The maximum Gasteiger partial charge on any atom is 0.170 e. The van der Waals surface area contributed by atoms with Gasteiger partial charge < -0.3 is 0 Å². The van der Waals surface area contributed by atoms with Crippen LogP contribution in [0.15, 0.2) is 30.5 Å². The summed E-state index contributed by atoms with van der Waals surface area (Å²) < 4.78 is 14.8. The van der Waals surface area contributed by atoms with Gasteiger partial charge in [0.2, 0.25) is 0 Å². The van der Waals surface area contributed by atoms with Crippen LogP contribution >= 0.6 is 11.6 Å². The largest absolute Gasteiger partial charge is 0.294 e. The van der Waals surface area contributed by atoms with Crippen molar-refractivity contribution in [3.8, 4) is 0 Å². The van der Waals surface area contributed by atoms with Gasteiger partial charge >= 0.3 is 0 Å². The fraction of sp³-hybridized carbons (Fsp3) is 0.167. The Labute approximate surface area is 103 Å². The molecular weight excluding hydrogens is 243 g/mol. The molecule has 0 spiro atoms. The first-order valence-electron chi connectivity index (χ1n) is 5.03. The highest BCUT2D eigenvalue weighted by Crippen LogP contribution is 2.21. The zero-order valence-electron chi connectivity index (χ0n) is 9.15. The Hall–Kier alpha value is -1.68. The lowest BCUT2D eigenvalue weighted by Gasteiger charge is -2.02. The third kappa shape index (κ3) is 2.53. The Morgan fingerprint density at radius 3 is 2.88 bits per heavy atom. The van der Waals surface area contributed by atoms with Gasteiger partial charge in [-0.2, -0.15) is 5.10 Å². The number of aryl methyl sites for hydroxylation is 1. The quantitative estimate of drug-likeness (QED) is 0.787. The van der Waals surface area contributed by atoms with Crippen LogP contribution in [-0.4, -0.2) is 15.6 Å². The minimum Gasteiger partial charge on any atom is -0.294 e. The van der Waals surface area contributed by atoms with E-state index in [1.165, 1.54) is 18.2 Å². The molecule has 0 radical (unpaired) electrons. The third-order valence-electron chi connectivity index (χ3n) is 2.36. The topological polar surface area (TPSA) is 34.9 Å². The van der Waals surface area contributed by atoms with Gasteiger partial charge in [-0.1, -0.05) is 17.7 Å². The second-order valence-corrected chi connectivity index (χ2v) is 4.06. The van der Waals surface area contributed by atoms with E-state index in [0.29, 0.717) is 5.69 Å². The van der Waals surface area contributed by atoms with Gasteiger partial charge in [0, 0.05) is 18.8 Å². The van der Waals surface area contributed by atoms with Crippen molar-refractivity contribution in [2.75, 3.05) is 0 Å². The van der Waals surface area contributed by atoms with Crippen molar-refractivity contribution >= 4 is 17.4 Å². The van der Waals surface area contributed by atoms with Gasteiger partial charge in [0.1, 0.15) is 5.82 Å². The maximum atomic E-state index is 13.2. The summed E-state index contributed by atoms with van der Waals surface area (Å²) in [5.41, 5.74) is 0.829. The van der Waals surface area contributed by atoms with Gasteiger partial charge in [0.15, 0.2) is 5.78 Å². The van der Waals surface area contributed by atoms with Gasteiger partial charge in [-0.05, 0) is 18.2 Å². The maximum absolute atomic E-state index is 13.2. The highest BCUT2D eigenvalue weighted by Gasteiger charge is 2.14. The van der Waals surface area contributed by atoms with E-state index in [4.69, 9.17) is 11.6 Å². The number of hydrogen-bond donors (Lipinski definition) is 0. The zero-order valence-corrected chi connectivity index (χ0v) is 9.91. The number of hydrogen-bond acceptors (Lipinski definition) is 2. The van der Waals surface area contributed by atoms with Crippen LogP contribution in [0.4, 0.5) is 4.39 Å². The molecule has 2 rings (SSSR count). The van der Waals surface area contributed by atoms with Crippen LogP contribution in [0.5, 0.6) is 0 Å². The van der Waals surface area contributed by atoms with E-state index in [1.807, 2.05) is 0 Å². The Kier molecular flexibility index (Phi) is 3.24. The molecule has 0 aliphatic rings. The number of carbonyl (C=O) groups is 1. The highest BCUT2D eigenvalue weighted by molar-refractivity contribution is 6.34. The van der Waals surface area contributed by atoms with Crippen molar-refractivity contribution in [3.63, 3.8) is 0 Å². The zero-order chi connectivity index (χ0) is 12.4. The van der Waals surface area contributed by atoms with Gasteiger partial charge in [-0.25, -0.2) is 4.39 Å². The molecule has 0 saturated carbocycles. The lowest BCUT2D eigenvalue weighted by atomic mass is 10.1. The second kappa shape index (κ2) is 4.67. The molecule has 1 aromatic heterocycles. The summed E-state index contributed by atoms with van der Waals surface area (Å²) in [6, 6.07) is 5.94. The molecule has 0 atom stereocenters. The molecule has 1 heterocycles. The molecule has 0 saturated heterocycles. The highest BCUT2D eigenvalue weighted by atomic mass is 35.5. The van der Waals surface area contributed by atoms with Crippen molar-refractivity contribution in [3.05, 3.63) is 52.6 Å². The number of benzene rings is 1. The van der Waals surface area contributed by atoms with Crippen LogP contribution in [0, 0.1) is 5.82 Å². The van der Waals surface area contributed by atoms with E-state index in [2.05, 4.69) is 5.10 Å². The average Bonchev–Trinajstić information content (AvgIpc) is 2.68. The number of nitrogens with zero attached hydrogens (tertiary/aromatic N) is 2. The normalized spacial score (nSPS) is 10.5. The Bertz CT molecular complexity index is 565. The summed E-state index contributed by atoms with van der Waals surface area (Å²) >= 11 is 5.74. The number of halogens is 2. The van der Waals surface area contributed by atoms with Crippen molar-refractivity contribution in [2.24, 2.45) is 7.05 Å². The molecular formula is C12H10ClFN2O. The predicted molar refractivity (Wildman–Crippen MR) is 62.7 cm³/mol. The molecule has 17 heavy (non-hydrogen) atoms. The van der Waals surface area contributed by atoms with Crippen LogP contribution in [0.2, 0.25) is 5.02 Å². The molecule has 1 aromatic carbocycles. The lowest BCUT2D eigenvalue weighted by Crippen LogP contribution is -2.06. The summed E-state index contributed by atoms with van der Waals surface area (Å²) in [4.78, 5) is 11.9. The first kappa shape index (κ1) is 11.8. The van der Waals surface area contributed by atoms with E-state index in [9.17, 15) is 9.18 Å². The third-order valence-corrected chi connectivity index (χ3v) is 2.75. The van der Waals surface area contributed by atoms with Crippen LogP contribution in [0.25, 0.3) is 0 Å². The summed E-state index contributed by atoms with van der Waals surface area (Å²) in [5.74, 6) is -0.827. The smallest absolute Gasteiger partial charge is 0.170 e. The summed E-state index contributed by atoms with van der Waals surface area (Å²) in [5, 5.41) is 3.96. The molecule has 2 aromatic rings. The lowest BCUT2D eigenvalue weighted by molar-refractivity contribution is 0.0991. The Balaban J connectivity index is 2.23.